The van der Waals surface area contributed by atoms with Gasteiger partial charge < -0.3 is 16.3 Å². The molecule has 1 rings (SSSR count). The maximum absolute atomic E-state index is 12.8. The van der Waals surface area contributed by atoms with E-state index in [1.54, 1.807) is 0 Å². The van der Waals surface area contributed by atoms with E-state index in [1.165, 1.54) is 19.1 Å². The topological polar surface area (TPSA) is 87.7 Å². The zero-order valence-electron chi connectivity index (χ0n) is 10.6. The molecule has 1 atom stereocenters. The number of hydrogen-bond donors (Lipinski definition) is 3. The smallest absolute Gasteiger partial charge is 0.409 e. The average Bonchev–Trinajstić information content (AvgIpc) is 2.37. The van der Waals surface area contributed by atoms with Gasteiger partial charge in [0.05, 0.1) is 11.1 Å². The average molecular weight is 289 g/mol. The van der Waals surface area contributed by atoms with Crippen molar-refractivity contribution < 1.29 is 23.2 Å². The molecule has 0 saturated heterocycles. The van der Waals surface area contributed by atoms with Crippen LogP contribution >= 0.6 is 0 Å². The van der Waals surface area contributed by atoms with E-state index in [0.717, 1.165) is 12.1 Å². The van der Waals surface area contributed by atoms with Gasteiger partial charge in [-0.2, -0.15) is 13.2 Å². The molecule has 0 fully saturated rings. The first-order valence-corrected chi connectivity index (χ1v) is 5.69. The molecule has 0 aromatic heterocycles. The predicted octanol–water partition coefficient (Wildman–Crippen LogP) is 1.96. The molecular formula is C12H14F3N3O2. The van der Waals surface area contributed by atoms with Crippen molar-refractivity contribution in [2.45, 2.75) is 25.6 Å². The Kier molecular flexibility index (Phi) is 4.95. The van der Waals surface area contributed by atoms with Gasteiger partial charge in [0.2, 0.25) is 0 Å². The third-order valence-electron chi connectivity index (χ3n) is 2.50. The molecule has 0 bridgehead atoms. The molecule has 0 heterocycles. The van der Waals surface area contributed by atoms with E-state index in [0.29, 0.717) is 0 Å². The minimum absolute atomic E-state index is 0.0242. The van der Waals surface area contributed by atoms with Gasteiger partial charge in [-0.25, -0.2) is 0 Å². The largest absolute Gasteiger partial charge is 0.417 e. The van der Waals surface area contributed by atoms with Crippen LogP contribution in [0.1, 0.15) is 29.3 Å². The van der Waals surface area contributed by atoms with E-state index < -0.39 is 29.3 Å². The molecule has 0 aliphatic rings. The fourth-order valence-corrected chi connectivity index (χ4v) is 1.64. The third-order valence-corrected chi connectivity index (χ3v) is 2.50. The molecule has 0 saturated carbocycles. The molecule has 0 aliphatic carbocycles. The lowest BCUT2D eigenvalue weighted by Gasteiger charge is -2.16. The van der Waals surface area contributed by atoms with E-state index in [9.17, 15) is 18.0 Å². The molecule has 5 nitrogen and oxygen atoms in total. The number of oxime groups is 1. The number of benzene rings is 1. The molecule has 1 amide bonds. The molecule has 0 aliphatic heterocycles. The molecule has 1 aromatic rings. The number of hydrogen-bond acceptors (Lipinski definition) is 3. The molecule has 0 radical (unpaired) electrons. The Hall–Kier alpha value is -2.25. The summed E-state index contributed by atoms with van der Waals surface area (Å²) in [4.78, 5) is 11.8. The van der Waals surface area contributed by atoms with Crippen molar-refractivity contribution in [1.29, 1.82) is 0 Å². The lowest BCUT2D eigenvalue weighted by Crippen LogP contribution is -2.36. The zero-order chi connectivity index (χ0) is 15.3. The fraction of sp³-hybridized carbons (Fsp3) is 0.333. The highest BCUT2D eigenvalue weighted by molar-refractivity contribution is 5.96. The minimum Gasteiger partial charge on any atom is -0.409 e. The Morgan fingerprint density at radius 3 is 2.60 bits per heavy atom. The van der Waals surface area contributed by atoms with Crippen LogP contribution in [0.15, 0.2) is 29.4 Å². The minimum atomic E-state index is -4.61. The van der Waals surface area contributed by atoms with Crippen molar-refractivity contribution in [2.24, 2.45) is 10.9 Å². The van der Waals surface area contributed by atoms with Gasteiger partial charge in [0.25, 0.3) is 5.91 Å². The van der Waals surface area contributed by atoms with Gasteiger partial charge >= 0.3 is 6.18 Å². The number of alkyl halides is 3. The molecule has 8 heteroatoms. The Morgan fingerprint density at radius 2 is 2.05 bits per heavy atom. The first-order chi connectivity index (χ1) is 9.25. The van der Waals surface area contributed by atoms with Crippen LogP contribution in [0.25, 0.3) is 0 Å². The lowest BCUT2D eigenvalue weighted by molar-refractivity contribution is -0.137. The Morgan fingerprint density at radius 1 is 1.45 bits per heavy atom. The molecule has 4 N–H and O–H groups in total. The molecule has 20 heavy (non-hydrogen) atoms. The number of nitrogens with two attached hydrogens (primary N) is 1. The van der Waals surface area contributed by atoms with Crippen molar-refractivity contribution in [3.05, 3.63) is 35.4 Å². The van der Waals surface area contributed by atoms with Crippen molar-refractivity contribution in [3.8, 4) is 0 Å². The number of halogens is 3. The molecule has 1 unspecified atom stereocenters. The Bertz CT molecular complexity index is 515. The van der Waals surface area contributed by atoms with Crippen LogP contribution in [-0.4, -0.2) is 23.0 Å². The SMILES string of the molecule is CC(CC(N)=NO)NC(=O)c1ccccc1C(F)(F)F. The second-order valence-electron chi connectivity index (χ2n) is 4.21. The number of carbonyl (C=O) groups excluding carboxylic acids is 1. The quantitative estimate of drug-likeness (QED) is 0.343. The molecule has 110 valence electrons. The predicted molar refractivity (Wildman–Crippen MR) is 66.4 cm³/mol. The summed E-state index contributed by atoms with van der Waals surface area (Å²) >= 11 is 0. The van der Waals surface area contributed by atoms with E-state index in [2.05, 4.69) is 10.5 Å². The van der Waals surface area contributed by atoms with Gasteiger partial charge in [-0.15, -0.1) is 0 Å². The number of carbonyl (C=O) groups is 1. The monoisotopic (exact) mass is 289 g/mol. The van der Waals surface area contributed by atoms with Crippen molar-refractivity contribution >= 4 is 11.7 Å². The second-order valence-corrected chi connectivity index (χ2v) is 4.21. The van der Waals surface area contributed by atoms with Gasteiger partial charge in [-0.05, 0) is 19.1 Å². The highest BCUT2D eigenvalue weighted by atomic mass is 19.4. The van der Waals surface area contributed by atoms with Gasteiger partial charge in [0, 0.05) is 12.5 Å². The van der Waals surface area contributed by atoms with Gasteiger partial charge in [0.1, 0.15) is 5.84 Å². The van der Waals surface area contributed by atoms with Crippen molar-refractivity contribution in [3.63, 3.8) is 0 Å². The summed E-state index contributed by atoms with van der Waals surface area (Å²) in [5, 5.41) is 13.5. The second kappa shape index (κ2) is 6.27. The van der Waals surface area contributed by atoms with Gasteiger partial charge in [0.15, 0.2) is 0 Å². The number of amidine groups is 1. The highest BCUT2D eigenvalue weighted by Gasteiger charge is 2.34. The molecule has 0 spiro atoms. The normalized spacial score (nSPS) is 13.9. The standard InChI is InChI=1S/C12H14F3N3O2/c1-7(6-10(16)18-20)17-11(19)8-4-2-3-5-9(8)12(13,14)15/h2-5,7,20H,6H2,1H3,(H2,16,18)(H,17,19). The number of amides is 1. The van der Waals surface area contributed by atoms with E-state index >= 15 is 0 Å². The Labute approximate surface area is 113 Å². The van der Waals surface area contributed by atoms with Crippen LogP contribution < -0.4 is 11.1 Å². The first-order valence-electron chi connectivity index (χ1n) is 5.69. The van der Waals surface area contributed by atoms with Gasteiger partial charge in [-0.1, -0.05) is 17.3 Å². The van der Waals surface area contributed by atoms with Crippen LogP contribution in [0.5, 0.6) is 0 Å². The van der Waals surface area contributed by atoms with E-state index in [4.69, 9.17) is 10.9 Å². The summed E-state index contributed by atoms with van der Waals surface area (Å²) in [6, 6.07) is 3.91. The van der Waals surface area contributed by atoms with Crippen molar-refractivity contribution in [1.82, 2.24) is 5.32 Å². The highest BCUT2D eigenvalue weighted by Crippen LogP contribution is 2.31. The summed E-state index contributed by atoms with van der Waals surface area (Å²) in [5.74, 6) is -0.988. The summed E-state index contributed by atoms with van der Waals surface area (Å²) < 4.78 is 38.3. The summed E-state index contributed by atoms with van der Waals surface area (Å²) in [6.07, 6.45) is -4.58. The zero-order valence-corrected chi connectivity index (χ0v) is 10.6. The third kappa shape index (κ3) is 4.15. The summed E-state index contributed by atoms with van der Waals surface area (Å²) in [7, 11) is 0. The Balaban J connectivity index is 2.88. The van der Waals surface area contributed by atoms with E-state index in [1.807, 2.05) is 0 Å². The summed E-state index contributed by atoms with van der Waals surface area (Å²) in [5.41, 5.74) is 3.78. The molecular weight excluding hydrogens is 275 g/mol. The first kappa shape index (κ1) is 15.8. The lowest BCUT2D eigenvalue weighted by atomic mass is 10.1. The number of rotatable bonds is 4. The molecule has 1 aromatic carbocycles. The number of nitrogens with zero attached hydrogens (tertiary/aromatic N) is 1. The summed E-state index contributed by atoms with van der Waals surface area (Å²) in [6.45, 7) is 1.53. The van der Waals surface area contributed by atoms with Crippen LogP contribution in [-0.2, 0) is 6.18 Å². The van der Waals surface area contributed by atoms with Crippen LogP contribution in [0.2, 0.25) is 0 Å². The maximum Gasteiger partial charge on any atom is 0.417 e. The number of nitrogens with one attached hydrogen (secondary N) is 1. The van der Waals surface area contributed by atoms with Crippen LogP contribution in [0.4, 0.5) is 13.2 Å². The van der Waals surface area contributed by atoms with E-state index in [-0.39, 0.29) is 12.3 Å². The van der Waals surface area contributed by atoms with Crippen LogP contribution in [0, 0.1) is 0 Å². The van der Waals surface area contributed by atoms with Crippen LogP contribution in [0.3, 0.4) is 0 Å². The van der Waals surface area contributed by atoms with Gasteiger partial charge in [-0.3, -0.25) is 4.79 Å². The fourth-order valence-electron chi connectivity index (χ4n) is 1.64. The maximum atomic E-state index is 12.8. The van der Waals surface area contributed by atoms with Crippen molar-refractivity contribution in [2.75, 3.05) is 0 Å².